The molecule has 1 aliphatic carbocycles. The third-order valence-corrected chi connectivity index (χ3v) is 5.54. The number of nitriles is 1. The molecule has 2 aromatic heterocycles. The Morgan fingerprint density at radius 1 is 1.32 bits per heavy atom. The first-order valence-corrected chi connectivity index (χ1v) is 9.62. The van der Waals surface area contributed by atoms with E-state index in [2.05, 4.69) is 21.4 Å². The SMILES string of the molecule is C[C@H](CC#N)c1cc2cc(NC(=O)C3CC3c3ccccn3)ncc2cc1Cl. The van der Waals surface area contributed by atoms with Crippen molar-refractivity contribution in [3.05, 3.63) is 65.1 Å². The number of nitrogens with zero attached hydrogens (tertiary/aromatic N) is 3. The zero-order valence-corrected chi connectivity index (χ0v) is 16.1. The molecule has 1 fully saturated rings. The van der Waals surface area contributed by atoms with Crippen molar-refractivity contribution >= 4 is 34.1 Å². The minimum atomic E-state index is -0.0659. The monoisotopic (exact) mass is 390 g/mol. The van der Waals surface area contributed by atoms with Gasteiger partial charge >= 0.3 is 0 Å². The third kappa shape index (κ3) is 3.69. The van der Waals surface area contributed by atoms with E-state index >= 15 is 0 Å². The van der Waals surface area contributed by atoms with Crippen molar-refractivity contribution in [1.29, 1.82) is 5.26 Å². The summed E-state index contributed by atoms with van der Waals surface area (Å²) in [5.41, 5.74) is 1.89. The smallest absolute Gasteiger partial charge is 0.229 e. The fourth-order valence-corrected chi connectivity index (χ4v) is 3.86. The maximum Gasteiger partial charge on any atom is 0.229 e. The summed E-state index contributed by atoms with van der Waals surface area (Å²) in [6, 6.07) is 13.6. The van der Waals surface area contributed by atoms with Gasteiger partial charge in [-0.05, 0) is 53.6 Å². The molecule has 1 N–H and O–H groups in total. The van der Waals surface area contributed by atoms with Crippen molar-refractivity contribution in [3.8, 4) is 6.07 Å². The van der Waals surface area contributed by atoms with Crippen LogP contribution < -0.4 is 5.32 Å². The van der Waals surface area contributed by atoms with Gasteiger partial charge in [0.1, 0.15) is 5.82 Å². The van der Waals surface area contributed by atoms with Crippen molar-refractivity contribution < 1.29 is 4.79 Å². The number of nitrogens with one attached hydrogen (secondary N) is 1. The Morgan fingerprint density at radius 3 is 2.93 bits per heavy atom. The van der Waals surface area contributed by atoms with E-state index in [0.29, 0.717) is 17.3 Å². The van der Waals surface area contributed by atoms with E-state index in [0.717, 1.165) is 28.5 Å². The first-order valence-electron chi connectivity index (χ1n) is 9.24. The number of benzene rings is 1. The van der Waals surface area contributed by atoms with Crippen LogP contribution in [0.2, 0.25) is 5.02 Å². The maximum absolute atomic E-state index is 12.6. The Bertz CT molecular complexity index is 1080. The van der Waals surface area contributed by atoms with E-state index in [4.69, 9.17) is 16.9 Å². The Hall–Kier alpha value is -2.97. The number of fused-ring (bicyclic) bond motifs is 1. The molecule has 28 heavy (non-hydrogen) atoms. The van der Waals surface area contributed by atoms with Crippen LogP contribution in [0.5, 0.6) is 0 Å². The van der Waals surface area contributed by atoms with Crippen molar-refractivity contribution in [2.24, 2.45) is 5.92 Å². The van der Waals surface area contributed by atoms with Crippen LogP contribution in [0, 0.1) is 17.2 Å². The molecule has 5 nitrogen and oxygen atoms in total. The van der Waals surface area contributed by atoms with E-state index in [1.807, 2.05) is 43.3 Å². The van der Waals surface area contributed by atoms with E-state index in [9.17, 15) is 4.79 Å². The number of rotatable bonds is 5. The lowest BCUT2D eigenvalue weighted by Crippen LogP contribution is -2.15. The van der Waals surface area contributed by atoms with Crippen LogP contribution in [0.1, 0.15) is 42.9 Å². The first-order chi connectivity index (χ1) is 13.6. The van der Waals surface area contributed by atoms with Crippen LogP contribution in [0.15, 0.2) is 48.8 Å². The summed E-state index contributed by atoms with van der Waals surface area (Å²) < 4.78 is 0. The Kier molecular flexibility index (Phi) is 4.97. The summed E-state index contributed by atoms with van der Waals surface area (Å²) in [6.07, 6.45) is 4.67. The summed E-state index contributed by atoms with van der Waals surface area (Å²) in [5, 5.41) is 14.3. The largest absolute Gasteiger partial charge is 0.310 e. The predicted molar refractivity (Wildman–Crippen MR) is 109 cm³/mol. The first kappa shape index (κ1) is 18.4. The van der Waals surface area contributed by atoms with Crippen LogP contribution in [0.3, 0.4) is 0 Å². The summed E-state index contributed by atoms with van der Waals surface area (Å²) in [7, 11) is 0. The minimum absolute atomic E-state index is 0.0328. The number of hydrogen-bond donors (Lipinski definition) is 1. The fourth-order valence-electron chi connectivity index (χ4n) is 3.50. The molecule has 2 unspecified atom stereocenters. The number of carbonyl (C=O) groups excluding carboxylic acids is 1. The molecule has 0 aliphatic heterocycles. The second-order valence-electron chi connectivity index (χ2n) is 7.25. The lowest BCUT2D eigenvalue weighted by molar-refractivity contribution is -0.117. The van der Waals surface area contributed by atoms with Gasteiger partial charge in [0.15, 0.2) is 0 Å². The van der Waals surface area contributed by atoms with Gasteiger partial charge in [-0.1, -0.05) is 24.6 Å². The molecular formula is C22H19ClN4O. The molecule has 1 saturated carbocycles. The lowest BCUT2D eigenvalue weighted by Gasteiger charge is -2.12. The van der Waals surface area contributed by atoms with Crippen molar-refractivity contribution in [2.75, 3.05) is 5.32 Å². The molecular weight excluding hydrogens is 372 g/mol. The average Bonchev–Trinajstić information content (AvgIpc) is 3.49. The van der Waals surface area contributed by atoms with Gasteiger partial charge in [-0.15, -0.1) is 0 Å². The molecule has 4 rings (SSSR count). The highest BCUT2D eigenvalue weighted by molar-refractivity contribution is 6.32. The Labute approximate surface area is 168 Å². The number of halogens is 1. The molecule has 3 aromatic rings. The highest BCUT2D eigenvalue weighted by atomic mass is 35.5. The molecule has 1 aromatic carbocycles. The zero-order valence-electron chi connectivity index (χ0n) is 15.4. The van der Waals surface area contributed by atoms with Gasteiger partial charge in [0, 0.05) is 46.8 Å². The van der Waals surface area contributed by atoms with Gasteiger partial charge in [0.05, 0.1) is 6.07 Å². The molecule has 0 saturated heterocycles. The van der Waals surface area contributed by atoms with Crippen molar-refractivity contribution in [3.63, 3.8) is 0 Å². The molecule has 1 amide bonds. The Morgan fingerprint density at radius 2 is 2.18 bits per heavy atom. The zero-order chi connectivity index (χ0) is 19.7. The van der Waals surface area contributed by atoms with Crippen molar-refractivity contribution in [2.45, 2.75) is 31.6 Å². The average molecular weight is 391 g/mol. The van der Waals surface area contributed by atoms with Gasteiger partial charge in [0.25, 0.3) is 0 Å². The molecule has 2 heterocycles. The second kappa shape index (κ2) is 7.57. The number of aromatic nitrogens is 2. The van der Waals surface area contributed by atoms with Gasteiger partial charge in [0.2, 0.25) is 5.91 Å². The summed E-state index contributed by atoms with van der Waals surface area (Å²) >= 11 is 6.37. The summed E-state index contributed by atoms with van der Waals surface area (Å²) in [5.74, 6) is 0.640. The number of anilines is 1. The van der Waals surface area contributed by atoms with E-state index in [-0.39, 0.29) is 23.7 Å². The lowest BCUT2D eigenvalue weighted by atomic mass is 9.96. The standard InChI is InChI=1S/C22H19ClN4O/c1-13(5-6-24)16-8-14-10-21(26-12-15(14)9-19(16)23)27-22(28)18-11-17(18)20-4-2-3-7-25-20/h2-4,7-10,12-13,17-18H,5,11H2,1H3,(H,26,27,28)/t13-,17?,18?/m1/s1. The topological polar surface area (TPSA) is 78.7 Å². The normalized spacial score (nSPS) is 19.0. The number of amides is 1. The van der Waals surface area contributed by atoms with Gasteiger partial charge in [-0.3, -0.25) is 9.78 Å². The van der Waals surface area contributed by atoms with E-state index in [1.54, 1.807) is 12.4 Å². The highest BCUT2D eigenvalue weighted by Gasteiger charge is 2.44. The van der Waals surface area contributed by atoms with Crippen LogP contribution >= 0.6 is 11.6 Å². The molecule has 0 radical (unpaired) electrons. The van der Waals surface area contributed by atoms with E-state index in [1.165, 1.54) is 0 Å². The number of pyridine rings is 2. The quantitative estimate of drug-likeness (QED) is 0.661. The molecule has 1 aliphatic rings. The van der Waals surface area contributed by atoms with Crippen LogP contribution in [0.4, 0.5) is 5.82 Å². The number of carbonyl (C=O) groups is 1. The summed E-state index contributed by atoms with van der Waals surface area (Å²) in [4.78, 5) is 21.3. The molecule has 0 bridgehead atoms. The molecule has 0 spiro atoms. The maximum atomic E-state index is 12.6. The van der Waals surface area contributed by atoms with Crippen molar-refractivity contribution in [1.82, 2.24) is 9.97 Å². The van der Waals surface area contributed by atoms with Crippen LogP contribution in [-0.2, 0) is 4.79 Å². The highest BCUT2D eigenvalue weighted by Crippen LogP contribution is 2.47. The van der Waals surface area contributed by atoms with Gasteiger partial charge < -0.3 is 5.32 Å². The van der Waals surface area contributed by atoms with Gasteiger partial charge in [-0.2, -0.15) is 5.26 Å². The fraction of sp³-hybridized carbons (Fsp3) is 0.273. The second-order valence-corrected chi connectivity index (χ2v) is 7.65. The van der Waals surface area contributed by atoms with E-state index < -0.39 is 0 Å². The molecule has 3 atom stereocenters. The van der Waals surface area contributed by atoms with Crippen LogP contribution in [-0.4, -0.2) is 15.9 Å². The van der Waals surface area contributed by atoms with Crippen LogP contribution in [0.25, 0.3) is 10.8 Å². The predicted octanol–water partition coefficient (Wildman–Crippen LogP) is 5.04. The third-order valence-electron chi connectivity index (χ3n) is 5.21. The summed E-state index contributed by atoms with van der Waals surface area (Å²) in [6.45, 7) is 1.98. The molecule has 140 valence electrons. The Balaban J connectivity index is 1.52. The number of hydrogen-bond acceptors (Lipinski definition) is 4. The van der Waals surface area contributed by atoms with Gasteiger partial charge in [-0.25, -0.2) is 4.98 Å². The molecule has 6 heteroatoms. The minimum Gasteiger partial charge on any atom is -0.310 e.